The lowest BCUT2D eigenvalue weighted by Crippen LogP contribution is -2.37. The van der Waals surface area contributed by atoms with Crippen molar-refractivity contribution in [1.29, 1.82) is 0 Å². The van der Waals surface area contributed by atoms with Gasteiger partial charge >= 0.3 is 12.1 Å². The van der Waals surface area contributed by atoms with Crippen molar-refractivity contribution in [2.45, 2.75) is 38.5 Å². The van der Waals surface area contributed by atoms with Crippen LogP contribution in [0.4, 0.5) is 13.2 Å². The molecule has 0 saturated carbocycles. The number of amides is 1. The normalized spacial score (nSPS) is 13.7. The van der Waals surface area contributed by atoms with Gasteiger partial charge in [0.05, 0.1) is 25.9 Å². The van der Waals surface area contributed by atoms with Crippen LogP contribution in [0.1, 0.15) is 32.1 Å². The van der Waals surface area contributed by atoms with Crippen molar-refractivity contribution >= 4 is 34.2 Å². The maximum atomic E-state index is 13.2. The van der Waals surface area contributed by atoms with Crippen LogP contribution in [-0.4, -0.2) is 38.0 Å². The number of thiophene rings is 1. The molecule has 0 atom stereocenters. The van der Waals surface area contributed by atoms with Gasteiger partial charge < -0.3 is 14.6 Å². The van der Waals surface area contributed by atoms with Crippen LogP contribution < -0.4 is 0 Å². The van der Waals surface area contributed by atoms with Crippen molar-refractivity contribution in [3.8, 4) is 0 Å². The first kappa shape index (κ1) is 24.1. The average molecular weight is 514 g/mol. The van der Waals surface area contributed by atoms with E-state index in [1.165, 1.54) is 6.07 Å². The van der Waals surface area contributed by atoms with Crippen LogP contribution in [0.15, 0.2) is 54.7 Å². The summed E-state index contributed by atoms with van der Waals surface area (Å²) in [6.07, 6.45) is -2.21. The molecule has 5 rings (SSSR count). The summed E-state index contributed by atoms with van der Waals surface area (Å²) in [5.74, 6) is -1.09. The quantitative estimate of drug-likeness (QED) is 0.397. The summed E-state index contributed by atoms with van der Waals surface area (Å²) >= 11 is 0.710. The van der Waals surface area contributed by atoms with E-state index in [0.717, 1.165) is 22.7 Å². The molecule has 1 aliphatic rings. The first-order valence-corrected chi connectivity index (χ1v) is 12.2. The molecule has 0 fully saturated rings. The van der Waals surface area contributed by atoms with Gasteiger partial charge in [0.15, 0.2) is 0 Å². The van der Waals surface area contributed by atoms with Gasteiger partial charge in [0.1, 0.15) is 10.5 Å². The summed E-state index contributed by atoms with van der Waals surface area (Å²) in [5, 5.41) is 10.1. The number of nitrogens with zero attached hydrogens (tertiary/aromatic N) is 3. The molecule has 10 heteroatoms. The zero-order valence-electron chi connectivity index (χ0n) is 19.1. The lowest BCUT2D eigenvalue weighted by atomic mass is 10.00. The van der Waals surface area contributed by atoms with Gasteiger partial charge in [-0.25, -0.2) is 4.98 Å². The summed E-state index contributed by atoms with van der Waals surface area (Å²) < 4.78 is 41.3. The average Bonchev–Trinajstić information content (AvgIpc) is 3.44. The van der Waals surface area contributed by atoms with E-state index >= 15 is 0 Å². The first-order valence-electron chi connectivity index (χ1n) is 11.4. The molecule has 36 heavy (non-hydrogen) atoms. The third-order valence-corrected chi connectivity index (χ3v) is 7.54. The molecule has 3 aromatic heterocycles. The van der Waals surface area contributed by atoms with Gasteiger partial charge in [0.2, 0.25) is 5.91 Å². The minimum absolute atomic E-state index is 0.0805. The van der Waals surface area contributed by atoms with Gasteiger partial charge in [-0.15, -0.1) is 11.3 Å². The number of fused-ring (bicyclic) bond motifs is 3. The number of carboxylic acids is 1. The van der Waals surface area contributed by atoms with Crippen LogP contribution in [0.5, 0.6) is 0 Å². The summed E-state index contributed by atoms with van der Waals surface area (Å²) in [6.45, 7) is 1.04. The Kier molecular flexibility index (Phi) is 6.29. The highest BCUT2D eigenvalue weighted by molar-refractivity contribution is 7.12. The van der Waals surface area contributed by atoms with Gasteiger partial charge in [0, 0.05) is 28.7 Å². The molecule has 4 aromatic rings. The summed E-state index contributed by atoms with van der Waals surface area (Å²) in [6, 6.07) is 13.4. The molecule has 1 aromatic carbocycles. The molecular weight excluding hydrogens is 491 g/mol. The van der Waals surface area contributed by atoms with Crippen molar-refractivity contribution in [3.05, 3.63) is 86.9 Å². The third-order valence-electron chi connectivity index (χ3n) is 6.42. The minimum Gasteiger partial charge on any atom is -0.481 e. The molecule has 186 valence electrons. The Labute approximate surface area is 208 Å². The Morgan fingerprint density at radius 2 is 1.78 bits per heavy atom. The Hall–Kier alpha value is -3.66. The molecule has 6 nitrogen and oxygen atoms in total. The summed E-state index contributed by atoms with van der Waals surface area (Å²) in [5.41, 5.74) is 3.89. The zero-order chi connectivity index (χ0) is 25.4. The van der Waals surface area contributed by atoms with E-state index in [0.29, 0.717) is 52.5 Å². The van der Waals surface area contributed by atoms with Gasteiger partial charge in [0.25, 0.3) is 0 Å². The van der Waals surface area contributed by atoms with Crippen LogP contribution in [0.3, 0.4) is 0 Å². The number of aromatic nitrogens is 2. The van der Waals surface area contributed by atoms with Crippen molar-refractivity contribution < 1.29 is 27.9 Å². The highest BCUT2D eigenvalue weighted by atomic mass is 32.1. The molecule has 0 bridgehead atoms. The highest BCUT2D eigenvalue weighted by Crippen LogP contribution is 2.36. The minimum atomic E-state index is -4.39. The largest absolute Gasteiger partial charge is 0.481 e. The van der Waals surface area contributed by atoms with Gasteiger partial charge in [-0.1, -0.05) is 24.3 Å². The number of carboxylic acid groups (broad SMARTS) is 1. The van der Waals surface area contributed by atoms with Crippen LogP contribution in [0, 0.1) is 0 Å². The van der Waals surface area contributed by atoms with E-state index in [-0.39, 0.29) is 25.3 Å². The molecule has 1 amide bonds. The van der Waals surface area contributed by atoms with Crippen molar-refractivity contribution in [2.24, 2.45) is 0 Å². The number of hydrogen-bond donors (Lipinski definition) is 1. The second kappa shape index (κ2) is 9.42. The number of carbonyl (C=O) groups is 2. The van der Waals surface area contributed by atoms with Gasteiger partial charge in [-0.05, 0) is 47.4 Å². The molecule has 0 saturated heterocycles. The van der Waals surface area contributed by atoms with E-state index in [1.54, 1.807) is 35.4 Å². The number of rotatable bonds is 6. The number of halogens is 3. The van der Waals surface area contributed by atoms with Crippen LogP contribution >= 0.6 is 11.3 Å². The summed E-state index contributed by atoms with van der Waals surface area (Å²) in [4.78, 5) is 30.6. The maximum Gasteiger partial charge on any atom is 0.425 e. The molecule has 0 radical (unpaired) electrons. The standard InChI is InChI=1S/C26H22F3N3O3S/c27-26(28,29)22-8-7-18(36-22)14-32-21-15-31(11-9-19(21)20-6-3-10-30-25(20)32)23(33)12-16-4-1-2-5-17(16)13-24(34)35/h1-8,10H,9,11-15H2,(H,34,35). The number of carbonyl (C=O) groups excluding carboxylic acids is 1. The second-order valence-corrected chi connectivity index (χ2v) is 9.90. The van der Waals surface area contributed by atoms with Crippen molar-refractivity contribution in [2.75, 3.05) is 6.54 Å². The maximum absolute atomic E-state index is 13.2. The lowest BCUT2D eigenvalue weighted by molar-refractivity contribution is -0.136. The fraction of sp³-hybridized carbons (Fsp3) is 0.269. The molecule has 0 aliphatic carbocycles. The fourth-order valence-corrected chi connectivity index (χ4v) is 5.62. The van der Waals surface area contributed by atoms with Crippen molar-refractivity contribution in [1.82, 2.24) is 14.5 Å². The highest BCUT2D eigenvalue weighted by Gasteiger charge is 2.33. The molecular formula is C26H22F3N3O3S. The Balaban J connectivity index is 1.43. The molecule has 1 aliphatic heterocycles. The topological polar surface area (TPSA) is 75.4 Å². The third kappa shape index (κ3) is 4.73. The molecule has 1 N–H and O–H groups in total. The smallest absolute Gasteiger partial charge is 0.425 e. The fourth-order valence-electron chi connectivity index (χ4n) is 4.75. The number of hydrogen-bond acceptors (Lipinski definition) is 4. The van der Waals surface area contributed by atoms with E-state index < -0.39 is 17.0 Å². The lowest BCUT2D eigenvalue weighted by Gasteiger charge is -2.29. The van der Waals surface area contributed by atoms with E-state index in [2.05, 4.69) is 4.98 Å². The van der Waals surface area contributed by atoms with Gasteiger partial charge in [-0.2, -0.15) is 13.2 Å². The molecule has 4 heterocycles. The zero-order valence-corrected chi connectivity index (χ0v) is 19.9. The van der Waals surface area contributed by atoms with Crippen LogP contribution in [-0.2, 0) is 48.1 Å². The summed E-state index contributed by atoms with van der Waals surface area (Å²) in [7, 11) is 0. The molecule has 0 spiro atoms. The van der Waals surface area contributed by atoms with Gasteiger partial charge in [-0.3, -0.25) is 9.59 Å². The number of alkyl halides is 3. The number of benzene rings is 1. The Bertz CT molecular complexity index is 1460. The predicted octanol–water partition coefficient (Wildman–Crippen LogP) is 4.92. The van der Waals surface area contributed by atoms with Crippen LogP contribution in [0.25, 0.3) is 11.0 Å². The van der Waals surface area contributed by atoms with Crippen molar-refractivity contribution in [3.63, 3.8) is 0 Å². The van der Waals surface area contributed by atoms with E-state index in [4.69, 9.17) is 0 Å². The number of aliphatic carboxylic acids is 1. The Morgan fingerprint density at radius 1 is 1.03 bits per heavy atom. The van der Waals surface area contributed by atoms with E-state index in [1.807, 2.05) is 16.7 Å². The predicted molar refractivity (Wildman–Crippen MR) is 129 cm³/mol. The SMILES string of the molecule is O=C(O)Cc1ccccc1CC(=O)N1CCc2c(n(Cc3ccc(C(F)(F)F)s3)c3ncccc23)C1. The number of pyridine rings is 1. The first-order chi connectivity index (χ1) is 17.2. The van der Waals surface area contributed by atoms with Crippen LogP contribution in [0.2, 0.25) is 0 Å². The monoisotopic (exact) mass is 513 g/mol. The second-order valence-electron chi connectivity index (χ2n) is 8.73. The molecule has 0 unspecified atom stereocenters. The van der Waals surface area contributed by atoms with E-state index in [9.17, 15) is 27.9 Å². The Morgan fingerprint density at radius 3 is 2.47 bits per heavy atom.